The summed E-state index contributed by atoms with van der Waals surface area (Å²) in [5, 5.41) is 2.50. The molecule has 16 heavy (non-hydrogen) atoms. The average Bonchev–Trinajstić information content (AvgIpc) is 2.26. The summed E-state index contributed by atoms with van der Waals surface area (Å²) in [5.74, 6) is 4.77. The molecule has 0 spiro atoms. The van der Waals surface area contributed by atoms with Crippen molar-refractivity contribution in [1.82, 2.24) is 5.32 Å². The lowest BCUT2D eigenvalue weighted by Crippen LogP contribution is -2.19. The van der Waals surface area contributed by atoms with Crippen LogP contribution in [0.3, 0.4) is 0 Å². The Bertz CT molecular complexity index is 446. The summed E-state index contributed by atoms with van der Waals surface area (Å²) < 4.78 is 13.3. The molecule has 0 aliphatic heterocycles. The Morgan fingerprint density at radius 3 is 2.94 bits per heavy atom. The highest BCUT2D eigenvalue weighted by molar-refractivity contribution is 5.73. The zero-order chi connectivity index (χ0) is 12.0. The van der Waals surface area contributed by atoms with Crippen molar-refractivity contribution in [2.45, 2.75) is 13.5 Å². The standard InChI is InChI=1S/C12H13FN2O/c1-9(16)15-6-2-3-11-7-10(8-14)4-5-12(11)13/h4-5,7H,6,8,14H2,1H3,(H,15,16). The monoisotopic (exact) mass is 220 g/mol. The first-order valence-corrected chi connectivity index (χ1v) is 4.85. The third kappa shape index (κ3) is 3.71. The van der Waals surface area contributed by atoms with E-state index in [9.17, 15) is 9.18 Å². The first-order chi connectivity index (χ1) is 7.63. The van der Waals surface area contributed by atoms with Crippen molar-refractivity contribution in [3.63, 3.8) is 0 Å². The van der Waals surface area contributed by atoms with Crippen molar-refractivity contribution in [3.05, 3.63) is 35.1 Å². The first kappa shape index (κ1) is 12.2. The number of benzene rings is 1. The zero-order valence-corrected chi connectivity index (χ0v) is 9.01. The Morgan fingerprint density at radius 1 is 1.56 bits per heavy atom. The highest BCUT2D eigenvalue weighted by atomic mass is 19.1. The van der Waals surface area contributed by atoms with Crippen molar-refractivity contribution in [2.75, 3.05) is 6.54 Å². The number of halogens is 1. The average molecular weight is 220 g/mol. The lowest BCUT2D eigenvalue weighted by Gasteiger charge is -1.98. The van der Waals surface area contributed by atoms with Gasteiger partial charge in [-0.1, -0.05) is 17.9 Å². The SMILES string of the molecule is CC(=O)NCC#Cc1cc(CN)ccc1F. The molecule has 0 heterocycles. The third-order valence-corrected chi connectivity index (χ3v) is 1.92. The van der Waals surface area contributed by atoms with E-state index in [4.69, 9.17) is 5.73 Å². The van der Waals surface area contributed by atoms with Gasteiger partial charge < -0.3 is 11.1 Å². The molecule has 0 atom stereocenters. The predicted molar refractivity (Wildman–Crippen MR) is 59.9 cm³/mol. The predicted octanol–water partition coefficient (Wildman–Crippen LogP) is 0.772. The number of amides is 1. The van der Waals surface area contributed by atoms with E-state index in [-0.39, 0.29) is 18.3 Å². The molecule has 0 bridgehead atoms. The molecule has 1 aromatic carbocycles. The highest BCUT2D eigenvalue weighted by Gasteiger charge is 1.99. The van der Waals surface area contributed by atoms with Crippen molar-refractivity contribution in [2.24, 2.45) is 5.73 Å². The summed E-state index contributed by atoms with van der Waals surface area (Å²) in [6.45, 7) is 1.96. The molecule has 0 aliphatic rings. The maximum atomic E-state index is 13.3. The molecule has 0 aromatic heterocycles. The van der Waals surface area contributed by atoms with Gasteiger partial charge in [0.15, 0.2) is 0 Å². The summed E-state index contributed by atoms with van der Waals surface area (Å²) in [5.41, 5.74) is 6.56. The molecule has 1 amide bonds. The van der Waals surface area contributed by atoms with Crippen LogP contribution in [-0.2, 0) is 11.3 Å². The minimum atomic E-state index is -0.382. The van der Waals surface area contributed by atoms with Gasteiger partial charge in [0.1, 0.15) is 5.82 Å². The maximum Gasteiger partial charge on any atom is 0.217 e. The highest BCUT2D eigenvalue weighted by Crippen LogP contribution is 2.08. The van der Waals surface area contributed by atoms with E-state index in [1.54, 1.807) is 12.1 Å². The number of carbonyl (C=O) groups excluding carboxylic acids is 1. The lowest BCUT2D eigenvalue weighted by molar-refractivity contribution is -0.118. The van der Waals surface area contributed by atoms with Crippen LogP contribution < -0.4 is 11.1 Å². The number of rotatable bonds is 2. The Kier molecular flexibility index (Phi) is 4.49. The van der Waals surface area contributed by atoms with Gasteiger partial charge in [-0.05, 0) is 17.7 Å². The first-order valence-electron chi connectivity index (χ1n) is 4.85. The second-order valence-electron chi connectivity index (χ2n) is 3.23. The van der Waals surface area contributed by atoms with Crippen molar-refractivity contribution in [1.29, 1.82) is 0 Å². The van der Waals surface area contributed by atoms with Gasteiger partial charge in [-0.2, -0.15) is 0 Å². The van der Waals surface area contributed by atoms with Crippen LogP contribution in [0.15, 0.2) is 18.2 Å². The Labute approximate surface area is 93.8 Å². The topological polar surface area (TPSA) is 55.1 Å². The summed E-state index contributed by atoms with van der Waals surface area (Å²) in [6.07, 6.45) is 0. The number of carbonyl (C=O) groups is 1. The molecule has 84 valence electrons. The minimum absolute atomic E-state index is 0.162. The molecule has 0 saturated heterocycles. The van der Waals surface area contributed by atoms with Crippen LogP contribution in [0.2, 0.25) is 0 Å². The molecule has 0 fully saturated rings. The van der Waals surface area contributed by atoms with E-state index >= 15 is 0 Å². The van der Waals surface area contributed by atoms with E-state index < -0.39 is 0 Å². The van der Waals surface area contributed by atoms with Crippen LogP contribution in [0.4, 0.5) is 4.39 Å². The minimum Gasteiger partial charge on any atom is -0.345 e. The smallest absolute Gasteiger partial charge is 0.217 e. The van der Waals surface area contributed by atoms with Gasteiger partial charge in [0.05, 0.1) is 12.1 Å². The molecule has 0 unspecified atom stereocenters. The third-order valence-electron chi connectivity index (χ3n) is 1.92. The van der Waals surface area contributed by atoms with E-state index in [0.717, 1.165) is 5.56 Å². The van der Waals surface area contributed by atoms with Crippen molar-refractivity contribution < 1.29 is 9.18 Å². The molecule has 0 aliphatic carbocycles. The van der Waals surface area contributed by atoms with Gasteiger partial charge in [-0.25, -0.2) is 4.39 Å². The van der Waals surface area contributed by atoms with E-state index in [0.29, 0.717) is 12.1 Å². The van der Waals surface area contributed by atoms with E-state index in [1.807, 2.05) is 0 Å². The van der Waals surface area contributed by atoms with Gasteiger partial charge in [-0.15, -0.1) is 0 Å². The van der Waals surface area contributed by atoms with Crippen molar-refractivity contribution >= 4 is 5.91 Å². The molecule has 1 aromatic rings. The quantitative estimate of drug-likeness (QED) is 0.723. The van der Waals surface area contributed by atoms with E-state index in [1.165, 1.54) is 13.0 Å². The zero-order valence-electron chi connectivity index (χ0n) is 9.01. The molecule has 0 saturated carbocycles. The van der Waals surface area contributed by atoms with Crippen LogP contribution >= 0.6 is 0 Å². The second-order valence-corrected chi connectivity index (χ2v) is 3.23. The van der Waals surface area contributed by atoms with Crippen LogP contribution in [0.25, 0.3) is 0 Å². The number of nitrogens with two attached hydrogens (primary N) is 1. The van der Waals surface area contributed by atoms with Gasteiger partial charge in [0.25, 0.3) is 0 Å². The maximum absolute atomic E-state index is 13.3. The van der Waals surface area contributed by atoms with Gasteiger partial charge in [0, 0.05) is 13.5 Å². The second kappa shape index (κ2) is 5.89. The molecule has 4 heteroatoms. The number of hydrogen-bond acceptors (Lipinski definition) is 2. The molecule has 1 rings (SSSR count). The van der Waals surface area contributed by atoms with Crippen molar-refractivity contribution in [3.8, 4) is 11.8 Å². The Balaban J connectivity index is 2.75. The number of nitrogens with one attached hydrogen (secondary N) is 1. The van der Waals surface area contributed by atoms with E-state index in [2.05, 4.69) is 17.2 Å². The summed E-state index contributed by atoms with van der Waals surface area (Å²) in [7, 11) is 0. The van der Waals surface area contributed by atoms with Gasteiger partial charge in [0.2, 0.25) is 5.91 Å². The largest absolute Gasteiger partial charge is 0.345 e. The molecular formula is C12H13FN2O. The Hall–Kier alpha value is -1.86. The molecule has 0 radical (unpaired) electrons. The van der Waals surface area contributed by atoms with Crippen LogP contribution in [0.5, 0.6) is 0 Å². The number of hydrogen-bond donors (Lipinski definition) is 2. The van der Waals surface area contributed by atoms with Crippen LogP contribution in [-0.4, -0.2) is 12.5 Å². The molecule has 3 nitrogen and oxygen atoms in total. The van der Waals surface area contributed by atoms with Gasteiger partial charge >= 0.3 is 0 Å². The van der Waals surface area contributed by atoms with Gasteiger partial charge in [-0.3, -0.25) is 4.79 Å². The normalized spacial score (nSPS) is 9.19. The summed E-state index contributed by atoms with van der Waals surface area (Å²) in [6, 6.07) is 4.56. The fraction of sp³-hybridized carbons (Fsp3) is 0.250. The molecule has 3 N–H and O–H groups in total. The summed E-state index contributed by atoms with van der Waals surface area (Å²) >= 11 is 0. The summed E-state index contributed by atoms with van der Waals surface area (Å²) in [4.78, 5) is 10.6. The fourth-order valence-corrected chi connectivity index (χ4v) is 1.10. The lowest BCUT2D eigenvalue weighted by atomic mass is 10.1. The van der Waals surface area contributed by atoms with Crippen LogP contribution in [0, 0.1) is 17.7 Å². The molecular weight excluding hydrogens is 207 g/mol. The fourth-order valence-electron chi connectivity index (χ4n) is 1.10. The Morgan fingerprint density at radius 2 is 2.31 bits per heavy atom. The van der Waals surface area contributed by atoms with Crippen LogP contribution in [0.1, 0.15) is 18.1 Å².